The number of benzene rings is 1. The number of halogens is 1. The van der Waals surface area contributed by atoms with Crippen LogP contribution in [0.3, 0.4) is 0 Å². The van der Waals surface area contributed by atoms with Crippen LogP contribution in [0.4, 0.5) is 0 Å². The minimum atomic E-state index is 0.779. The van der Waals surface area contributed by atoms with Gasteiger partial charge in [0.05, 0.1) is 0 Å². The van der Waals surface area contributed by atoms with Crippen LogP contribution in [0.2, 0.25) is 5.02 Å². The maximum Gasteiger partial charge on any atom is 0.0406 e. The molecule has 1 unspecified atom stereocenters. The van der Waals surface area contributed by atoms with Crippen LogP contribution in [0.25, 0.3) is 0 Å². The normalized spacial score (nSPS) is 20.9. The van der Waals surface area contributed by atoms with Crippen molar-refractivity contribution in [1.29, 1.82) is 0 Å². The molecule has 0 bridgehead atoms. The van der Waals surface area contributed by atoms with Crippen LogP contribution in [0.15, 0.2) is 24.3 Å². The maximum absolute atomic E-state index is 5.91. The van der Waals surface area contributed by atoms with E-state index < -0.39 is 0 Å². The lowest BCUT2D eigenvalue weighted by molar-refractivity contribution is 0.159. The second-order valence-corrected chi connectivity index (χ2v) is 6.22. The fourth-order valence-electron chi connectivity index (χ4n) is 2.86. The minimum Gasteiger partial charge on any atom is -0.303 e. The third-order valence-electron chi connectivity index (χ3n) is 4.13. The summed E-state index contributed by atoms with van der Waals surface area (Å²) in [5.74, 6) is 0. The molecule has 0 spiro atoms. The fraction of sp³-hybridized carbons (Fsp3) is 0.625. The molecule has 2 rings (SSSR count). The highest BCUT2D eigenvalue weighted by molar-refractivity contribution is 6.30. The quantitative estimate of drug-likeness (QED) is 0.812. The first-order valence-electron chi connectivity index (χ1n) is 7.28. The second kappa shape index (κ2) is 7.28. The van der Waals surface area contributed by atoms with Gasteiger partial charge in [-0.25, -0.2) is 0 Å². The van der Waals surface area contributed by atoms with Gasteiger partial charge in [-0.2, -0.15) is 0 Å². The lowest BCUT2D eigenvalue weighted by Crippen LogP contribution is -2.38. The van der Waals surface area contributed by atoms with E-state index in [1.165, 1.54) is 37.8 Å². The predicted octanol–water partition coefficient (Wildman–Crippen LogP) is 3.65. The van der Waals surface area contributed by atoms with Crippen molar-refractivity contribution in [2.75, 3.05) is 27.2 Å². The summed E-state index contributed by atoms with van der Waals surface area (Å²) in [5.41, 5.74) is 1.34. The first kappa shape index (κ1) is 14.8. The molecule has 0 saturated carbocycles. The molecule has 1 aromatic carbocycles. The molecule has 0 aromatic heterocycles. The van der Waals surface area contributed by atoms with E-state index in [9.17, 15) is 0 Å². The molecular formula is C16H25ClN2. The molecule has 0 aliphatic carbocycles. The van der Waals surface area contributed by atoms with E-state index in [0.29, 0.717) is 0 Å². The Morgan fingerprint density at radius 2 is 2.00 bits per heavy atom. The topological polar surface area (TPSA) is 6.48 Å². The van der Waals surface area contributed by atoms with Gasteiger partial charge in [0.2, 0.25) is 0 Å². The van der Waals surface area contributed by atoms with Crippen molar-refractivity contribution in [1.82, 2.24) is 9.80 Å². The zero-order valence-corrected chi connectivity index (χ0v) is 12.9. The van der Waals surface area contributed by atoms with Gasteiger partial charge in [0.25, 0.3) is 0 Å². The first-order valence-corrected chi connectivity index (χ1v) is 7.66. The van der Waals surface area contributed by atoms with E-state index in [1.54, 1.807) is 0 Å². The Balaban J connectivity index is 1.74. The average molecular weight is 281 g/mol. The van der Waals surface area contributed by atoms with E-state index in [-0.39, 0.29) is 0 Å². The molecule has 19 heavy (non-hydrogen) atoms. The maximum atomic E-state index is 5.91. The average Bonchev–Trinajstić information content (AvgIpc) is 2.40. The molecule has 106 valence electrons. The molecule has 0 N–H and O–H groups in total. The van der Waals surface area contributed by atoms with E-state index in [2.05, 4.69) is 36.0 Å². The molecule has 0 radical (unpaired) electrons. The molecule has 1 aromatic rings. The van der Waals surface area contributed by atoms with E-state index >= 15 is 0 Å². The van der Waals surface area contributed by atoms with Crippen LogP contribution in [-0.4, -0.2) is 43.0 Å². The SMILES string of the molecule is CN(CCC1CCCCN1C)Cc1ccc(Cl)cc1. The van der Waals surface area contributed by atoms with Gasteiger partial charge in [-0.15, -0.1) is 0 Å². The highest BCUT2D eigenvalue weighted by Crippen LogP contribution is 2.18. The molecule has 3 heteroatoms. The summed E-state index contributed by atoms with van der Waals surface area (Å²) in [5, 5.41) is 0.815. The highest BCUT2D eigenvalue weighted by atomic mass is 35.5. The zero-order valence-electron chi connectivity index (χ0n) is 12.1. The van der Waals surface area contributed by atoms with Gasteiger partial charge in [-0.1, -0.05) is 30.2 Å². The van der Waals surface area contributed by atoms with Crippen LogP contribution in [0.1, 0.15) is 31.2 Å². The van der Waals surface area contributed by atoms with Crippen LogP contribution in [-0.2, 0) is 6.54 Å². The van der Waals surface area contributed by atoms with Gasteiger partial charge in [-0.3, -0.25) is 0 Å². The minimum absolute atomic E-state index is 0.779. The summed E-state index contributed by atoms with van der Waals surface area (Å²) in [7, 11) is 4.47. The number of nitrogens with zero attached hydrogens (tertiary/aromatic N) is 2. The van der Waals surface area contributed by atoms with Crippen molar-refractivity contribution in [2.45, 2.75) is 38.3 Å². The van der Waals surface area contributed by atoms with E-state index in [4.69, 9.17) is 11.6 Å². The Hall–Kier alpha value is -0.570. The lowest BCUT2D eigenvalue weighted by Gasteiger charge is -2.33. The third kappa shape index (κ3) is 4.79. The number of rotatable bonds is 5. The van der Waals surface area contributed by atoms with Crippen molar-refractivity contribution in [3.63, 3.8) is 0 Å². The third-order valence-corrected chi connectivity index (χ3v) is 4.38. The fourth-order valence-corrected chi connectivity index (χ4v) is 2.98. The van der Waals surface area contributed by atoms with Gasteiger partial charge >= 0.3 is 0 Å². The predicted molar refractivity (Wildman–Crippen MR) is 82.7 cm³/mol. The number of likely N-dealkylation sites (tertiary alicyclic amines) is 1. The summed E-state index contributed by atoms with van der Waals surface area (Å²) in [4.78, 5) is 4.94. The zero-order chi connectivity index (χ0) is 13.7. The van der Waals surface area contributed by atoms with E-state index in [0.717, 1.165) is 24.2 Å². The summed E-state index contributed by atoms with van der Waals surface area (Å²) < 4.78 is 0. The van der Waals surface area contributed by atoms with Gasteiger partial charge in [0.1, 0.15) is 0 Å². The Bertz CT molecular complexity index is 377. The molecule has 1 atom stereocenters. The monoisotopic (exact) mass is 280 g/mol. The highest BCUT2D eigenvalue weighted by Gasteiger charge is 2.18. The Labute approximate surface area is 122 Å². The first-order chi connectivity index (χ1) is 9.15. The molecule has 1 aliphatic rings. The summed E-state index contributed by atoms with van der Waals surface area (Å²) >= 11 is 5.91. The Morgan fingerprint density at radius 1 is 1.26 bits per heavy atom. The Morgan fingerprint density at radius 3 is 2.68 bits per heavy atom. The van der Waals surface area contributed by atoms with Gasteiger partial charge in [0, 0.05) is 17.6 Å². The summed E-state index contributed by atoms with van der Waals surface area (Å²) in [6, 6.07) is 8.96. The van der Waals surface area contributed by atoms with Crippen LogP contribution >= 0.6 is 11.6 Å². The van der Waals surface area contributed by atoms with Crippen LogP contribution in [0.5, 0.6) is 0 Å². The largest absolute Gasteiger partial charge is 0.303 e. The summed E-state index contributed by atoms with van der Waals surface area (Å²) in [6.07, 6.45) is 5.41. The van der Waals surface area contributed by atoms with Gasteiger partial charge < -0.3 is 9.80 Å². The molecule has 1 saturated heterocycles. The van der Waals surface area contributed by atoms with Crippen molar-refractivity contribution >= 4 is 11.6 Å². The number of hydrogen-bond donors (Lipinski definition) is 0. The van der Waals surface area contributed by atoms with Crippen molar-refractivity contribution < 1.29 is 0 Å². The second-order valence-electron chi connectivity index (χ2n) is 5.78. The molecule has 2 nitrogen and oxygen atoms in total. The lowest BCUT2D eigenvalue weighted by atomic mass is 10.00. The van der Waals surface area contributed by atoms with E-state index in [1.807, 2.05) is 12.1 Å². The van der Waals surface area contributed by atoms with Crippen molar-refractivity contribution in [2.24, 2.45) is 0 Å². The number of hydrogen-bond acceptors (Lipinski definition) is 2. The molecule has 1 aliphatic heterocycles. The standard InChI is InChI=1S/C16H25ClN2/c1-18(13-14-6-8-15(17)9-7-14)12-10-16-5-3-4-11-19(16)2/h6-9,16H,3-5,10-13H2,1-2H3. The Kier molecular flexibility index (Phi) is 5.68. The van der Waals surface area contributed by atoms with Crippen LogP contribution < -0.4 is 0 Å². The molecule has 0 amide bonds. The van der Waals surface area contributed by atoms with Crippen LogP contribution in [0, 0.1) is 0 Å². The van der Waals surface area contributed by atoms with Gasteiger partial charge in [-0.05, 0) is 64.1 Å². The van der Waals surface area contributed by atoms with Crippen molar-refractivity contribution in [3.05, 3.63) is 34.9 Å². The number of piperidine rings is 1. The molecule has 1 fully saturated rings. The molecular weight excluding hydrogens is 256 g/mol. The summed E-state index contributed by atoms with van der Waals surface area (Å²) in [6.45, 7) is 3.44. The van der Waals surface area contributed by atoms with Crippen molar-refractivity contribution in [3.8, 4) is 0 Å². The smallest absolute Gasteiger partial charge is 0.0406 e. The molecule has 1 heterocycles. The van der Waals surface area contributed by atoms with Gasteiger partial charge in [0.15, 0.2) is 0 Å².